The second-order valence-corrected chi connectivity index (χ2v) is 13.2. The fourth-order valence-corrected chi connectivity index (χ4v) is 6.15. The largest absolute Gasteiger partial charge is 0.336 e. The molecule has 0 unspecified atom stereocenters. The summed E-state index contributed by atoms with van der Waals surface area (Å²) in [4.78, 5) is 29.8. The van der Waals surface area contributed by atoms with Crippen LogP contribution in [-0.4, -0.2) is 46.8 Å². The molecular weight excluding hydrogens is 625 g/mol. The maximum atomic E-state index is 12.9. The lowest BCUT2D eigenvalue weighted by molar-refractivity contribution is -0.139. The number of allylic oxidation sites excluding steroid dienone is 22. The Morgan fingerprint density at radius 2 is 0.706 bits per heavy atom. The van der Waals surface area contributed by atoms with Crippen LogP contribution in [0.1, 0.15) is 123 Å². The van der Waals surface area contributed by atoms with Crippen LogP contribution in [-0.2, 0) is 9.59 Å². The number of carbonyl (C=O) groups excluding carboxylic acids is 2. The van der Waals surface area contributed by atoms with E-state index in [-0.39, 0.29) is 23.9 Å². The van der Waals surface area contributed by atoms with Gasteiger partial charge < -0.3 is 9.80 Å². The zero-order valence-corrected chi connectivity index (χ0v) is 32.0. The summed E-state index contributed by atoms with van der Waals surface area (Å²) in [6.07, 6.45) is 64.1. The monoisotopic (exact) mass is 693 g/mol. The molecule has 2 fully saturated rings. The van der Waals surface area contributed by atoms with E-state index in [9.17, 15) is 9.59 Å². The summed E-state index contributed by atoms with van der Waals surface area (Å²) in [5, 5.41) is 0. The molecule has 0 N–H and O–H groups in total. The van der Waals surface area contributed by atoms with E-state index in [1.807, 2.05) is 9.80 Å². The van der Waals surface area contributed by atoms with E-state index in [1.54, 1.807) is 0 Å². The molecule has 2 atom stereocenters. The highest BCUT2D eigenvalue weighted by atomic mass is 16.2. The molecule has 2 amide bonds. The van der Waals surface area contributed by atoms with Crippen LogP contribution in [0.4, 0.5) is 0 Å². The number of carbonyl (C=O) groups is 2. The molecule has 0 aliphatic carbocycles. The van der Waals surface area contributed by atoms with E-state index in [1.165, 1.54) is 0 Å². The highest BCUT2D eigenvalue weighted by Crippen LogP contribution is 2.32. The van der Waals surface area contributed by atoms with Crippen molar-refractivity contribution in [3.05, 3.63) is 134 Å². The summed E-state index contributed by atoms with van der Waals surface area (Å²) in [5.41, 5.74) is 0. The minimum Gasteiger partial charge on any atom is -0.336 e. The van der Waals surface area contributed by atoms with E-state index < -0.39 is 0 Å². The number of unbranched alkanes of at least 4 members (excludes halogenated alkanes) is 1. The van der Waals surface area contributed by atoms with Crippen molar-refractivity contribution < 1.29 is 9.59 Å². The molecule has 4 nitrogen and oxygen atoms in total. The minimum absolute atomic E-state index is 0.197. The molecule has 2 aliphatic rings. The summed E-state index contributed by atoms with van der Waals surface area (Å²) in [6.45, 7) is 5.72. The Morgan fingerprint density at radius 1 is 0.412 bits per heavy atom. The molecule has 2 heterocycles. The number of fused-ring (bicyclic) bond motifs is 2. The quantitative estimate of drug-likeness (QED) is 0.0635. The lowest BCUT2D eigenvalue weighted by Gasteiger charge is -2.34. The molecule has 278 valence electrons. The molecule has 2 saturated heterocycles. The molecule has 51 heavy (non-hydrogen) atoms. The zero-order valence-electron chi connectivity index (χ0n) is 32.0. The molecule has 4 heteroatoms. The van der Waals surface area contributed by atoms with E-state index >= 15 is 0 Å². The third-order valence-electron chi connectivity index (χ3n) is 8.92. The van der Waals surface area contributed by atoms with Gasteiger partial charge in [0.1, 0.15) is 0 Å². The van der Waals surface area contributed by atoms with Gasteiger partial charge in [-0.1, -0.05) is 148 Å². The summed E-state index contributed by atoms with van der Waals surface area (Å²) in [7, 11) is 0. The molecule has 0 spiro atoms. The minimum atomic E-state index is 0.197. The number of hydrogen-bond acceptors (Lipinski definition) is 2. The first kappa shape index (κ1) is 43.2. The predicted molar refractivity (Wildman–Crippen MR) is 221 cm³/mol. The van der Waals surface area contributed by atoms with Crippen molar-refractivity contribution in [3.63, 3.8) is 0 Å². The van der Waals surface area contributed by atoms with E-state index in [4.69, 9.17) is 0 Å². The number of piperazine rings is 1. The number of rotatable bonds is 27. The number of hydrogen-bond donors (Lipinski definition) is 0. The van der Waals surface area contributed by atoms with E-state index in [0.29, 0.717) is 25.9 Å². The smallest absolute Gasteiger partial charge is 0.223 e. The Balaban J connectivity index is 1.46. The molecule has 2 rings (SSSR count). The van der Waals surface area contributed by atoms with Crippen LogP contribution in [0.15, 0.2) is 134 Å². The predicted octanol–water partition coefficient (Wildman–Crippen LogP) is 12.2. The third-order valence-corrected chi connectivity index (χ3v) is 8.92. The average Bonchev–Trinajstić information content (AvgIpc) is 3.76. The van der Waals surface area contributed by atoms with Gasteiger partial charge in [0.05, 0.1) is 12.1 Å². The Labute approximate surface area is 312 Å². The van der Waals surface area contributed by atoms with Crippen LogP contribution in [0.25, 0.3) is 0 Å². The number of nitrogens with zero attached hydrogens (tertiary/aromatic N) is 2. The van der Waals surface area contributed by atoms with Crippen LogP contribution >= 0.6 is 0 Å². The number of amides is 2. The van der Waals surface area contributed by atoms with Crippen LogP contribution in [0, 0.1) is 0 Å². The van der Waals surface area contributed by atoms with Gasteiger partial charge in [-0.3, -0.25) is 9.59 Å². The average molecular weight is 693 g/mol. The molecule has 0 saturated carbocycles. The van der Waals surface area contributed by atoms with Crippen molar-refractivity contribution in [1.82, 2.24) is 9.80 Å². The van der Waals surface area contributed by atoms with Crippen molar-refractivity contribution in [3.8, 4) is 0 Å². The van der Waals surface area contributed by atoms with Gasteiger partial charge in [0.25, 0.3) is 0 Å². The Morgan fingerprint density at radius 3 is 1.04 bits per heavy atom. The van der Waals surface area contributed by atoms with Gasteiger partial charge in [-0.05, 0) is 96.3 Å². The lowest BCUT2D eigenvalue weighted by atomic mass is 10.1. The van der Waals surface area contributed by atoms with Gasteiger partial charge in [-0.2, -0.15) is 0 Å². The SMILES string of the molecule is CCC=CCC=CCC=CCC=CCC=CCC=CCCC(=O)N1C[C@@H]2C[C@H]1CN2C(=O)CCCC=CCC=CCC=CCC=CCC=CCC. The standard InChI is InChI=1S/C47H68N2O2/c1-3-5-7-9-11-13-15-17-19-21-22-24-26-28-30-32-34-36-38-40-47(51)49-43-44-41-45(49)42-48(44)46(50)39-37-35-33-31-29-27-25-23-20-18-16-14-12-10-8-6-4-2/h5-8,11-14,17-20,22,24-25,27-28,30-31,33-34,36,44-45H,3-4,9-10,15-16,21,23,26,29,32,35,37-43H2,1-2H3/t44-,45-/m0/s1. The van der Waals surface area contributed by atoms with Crippen molar-refractivity contribution in [2.75, 3.05) is 13.1 Å². The van der Waals surface area contributed by atoms with Crippen molar-refractivity contribution >= 4 is 11.8 Å². The molecule has 0 radical (unpaired) electrons. The van der Waals surface area contributed by atoms with Crippen LogP contribution in [0.3, 0.4) is 0 Å². The maximum Gasteiger partial charge on any atom is 0.223 e. The molecular formula is C47H68N2O2. The summed E-state index contributed by atoms with van der Waals surface area (Å²) in [6, 6.07) is 0.397. The molecule has 0 aromatic rings. The summed E-state index contributed by atoms with van der Waals surface area (Å²) >= 11 is 0. The van der Waals surface area contributed by atoms with Crippen molar-refractivity contribution in [2.24, 2.45) is 0 Å². The molecule has 2 aliphatic heterocycles. The third kappa shape index (κ3) is 21.8. The highest BCUT2D eigenvalue weighted by Gasteiger charge is 2.46. The first-order chi connectivity index (χ1) is 25.2. The van der Waals surface area contributed by atoms with Gasteiger partial charge in [0.2, 0.25) is 11.8 Å². The first-order valence-electron chi connectivity index (χ1n) is 19.9. The normalized spacial score (nSPS) is 18.6. The maximum absolute atomic E-state index is 12.9. The zero-order chi connectivity index (χ0) is 36.5. The van der Waals surface area contributed by atoms with Crippen molar-refractivity contribution in [1.29, 1.82) is 0 Å². The first-order valence-corrected chi connectivity index (χ1v) is 19.9. The van der Waals surface area contributed by atoms with Crippen LogP contribution < -0.4 is 0 Å². The van der Waals surface area contributed by atoms with Crippen LogP contribution in [0.5, 0.6) is 0 Å². The van der Waals surface area contributed by atoms with Gasteiger partial charge in [0, 0.05) is 25.9 Å². The summed E-state index contributed by atoms with van der Waals surface area (Å²) in [5.74, 6) is 0.479. The Hall–Kier alpha value is -3.92. The second kappa shape index (κ2) is 30.9. The van der Waals surface area contributed by atoms with Crippen LogP contribution in [0.2, 0.25) is 0 Å². The Bertz CT molecular complexity index is 1270. The highest BCUT2D eigenvalue weighted by molar-refractivity contribution is 5.80. The van der Waals surface area contributed by atoms with Gasteiger partial charge in [0.15, 0.2) is 0 Å². The van der Waals surface area contributed by atoms with Crippen molar-refractivity contribution in [2.45, 2.75) is 135 Å². The molecule has 0 aromatic carbocycles. The van der Waals surface area contributed by atoms with Gasteiger partial charge in [-0.25, -0.2) is 0 Å². The number of likely N-dealkylation sites (tertiary alicyclic amines) is 2. The van der Waals surface area contributed by atoms with Gasteiger partial charge >= 0.3 is 0 Å². The molecule has 2 bridgehead atoms. The fraction of sp³-hybridized carbons (Fsp3) is 0.489. The fourth-order valence-electron chi connectivity index (χ4n) is 6.15. The van der Waals surface area contributed by atoms with E-state index in [2.05, 4.69) is 148 Å². The molecule has 0 aromatic heterocycles. The Kier molecular flexibility index (Phi) is 26.2. The lowest BCUT2D eigenvalue weighted by Crippen LogP contribution is -2.50. The van der Waals surface area contributed by atoms with Gasteiger partial charge in [-0.15, -0.1) is 0 Å². The van der Waals surface area contributed by atoms with E-state index in [0.717, 1.165) is 96.3 Å². The summed E-state index contributed by atoms with van der Waals surface area (Å²) < 4.78 is 0. The topological polar surface area (TPSA) is 40.6 Å². The second-order valence-electron chi connectivity index (χ2n) is 13.2.